The van der Waals surface area contributed by atoms with Crippen LogP contribution >= 0.6 is 11.3 Å². The van der Waals surface area contributed by atoms with E-state index in [9.17, 15) is 18.0 Å². The largest absolute Gasteiger partial charge is 0.312 e. The minimum atomic E-state index is -3.53. The Kier molecular flexibility index (Phi) is 5.31. The van der Waals surface area contributed by atoms with Gasteiger partial charge in [0.25, 0.3) is 0 Å². The molecule has 8 nitrogen and oxygen atoms in total. The summed E-state index contributed by atoms with van der Waals surface area (Å²) < 4.78 is 25.4. The predicted molar refractivity (Wildman–Crippen MR) is 103 cm³/mol. The number of nitrogens with one attached hydrogen (secondary N) is 1. The fourth-order valence-electron chi connectivity index (χ4n) is 2.76. The van der Waals surface area contributed by atoms with Crippen molar-refractivity contribution in [3.05, 3.63) is 35.3 Å². The molecule has 27 heavy (non-hydrogen) atoms. The minimum absolute atomic E-state index is 0.105. The van der Waals surface area contributed by atoms with Crippen LogP contribution in [0, 0.1) is 12.8 Å². The van der Waals surface area contributed by atoms with E-state index >= 15 is 0 Å². The summed E-state index contributed by atoms with van der Waals surface area (Å²) in [5.74, 6) is -0.896. The highest BCUT2D eigenvalue weighted by molar-refractivity contribution is 7.89. The highest BCUT2D eigenvalue weighted by Crippen LogP contribution is 2.28. The monoisotopic (exact) mass is 408 g/mol. The molecular formula is C17H20N4O4S2. The molecule has 1 atom stereocenters. The van der Waals surface area contributed by atoms with Gasteiger partial charge in [0.05, 0.1) is 16.5 Å². The van der Waals surface area contributed by atoms with E-state index < -0.39 is 15.9 Å². The Balaban J connectivity index is 1.71. The standard InChI is InChI=1S/C17H20N4O4S2/c1-11-10-26-17(18-11)19-16(23)12-8-15(22)21(9-12)13-4-6-14(7-5-13)27(24,25)20(2)3/h4-7,10,12H,8-9H2,1-3H3,(H,18,19,23). The van der Waals surface area contributed by atoms with Gasteiger partial charge in [0.15, 0.2) is 5.13 Å². The molecule has 0 radical (unpaired) electrons. The fourth-order valence-corrected chi connectivity index (χ4v) is 4.35. The topological polar surface area (TPSA) is 99.7 Å². The third kappa shape index (κ3) is 4.02. The van der Waals surface area contributed by atoms with Crippen LogP contribution in [0.4, 0.5) is 10.8 Å². The maximum atomic E-state index is 12.4. The number of amides is 2. The summed E-state index contributed by atoms with van der Waals surface area (Å²) in [6.45, 7) is 2.09. The van der Waals surface area contributed by atoms with E-state index in [0.29, 0.717) is 10.8 Å². The van der Waals surface area contributed by atoms with Gasteiger partial charge in [-0.05, 0) is 31.2 Å². The van der Waals surface area contributed by atoms with Crippen LogP contribution < -0.4 is 10.2 Å². The molecule has 3 rings (SSSR count). The zero-order valence-corrected chi connectivity index (χ0v) is 16.8. The fraction of sp³-hybridized carbons (Fsp3) is 0.353. The minimum Gasteiger partial charge on any atom is -0.312 e. The normalized spacial score (nSPS) is 17.6. The van der Waals surface area contributed by atoms with Crippen LogP contribution in [0.5, 0.6) is 0 Å². The molecule has 2 amide bonds. The molecule has 0 saturated carbocycles. The molecule has 2 aromatic rings. The van der Waals surface area contributed by atoms with Gasteiger partial charge in [-0.1, -0.05) is 0 Å². The highest BCUT2D eigenvalue weighted by atomic mass is 32.2. The van der Waals surface area contributed by atoms with Crippen molar-refractivity contribution in [1.82, 2.24) is 9.29 Å². The molecule has 0 aliphatic carbocycles. The molecule has 1 aromatic heterocycles. The van der Waals surface area contributed by atoms with Crippen LogP contribution in [0.25, 0.3) is 0 Å². The molecule has 1 unspecified atom stereocenters. The number of thiazole rings is 1. The number of aryl methyl sites for hydroxylation is 1. The summed E-state index contributed by atoms with van der Waals surface area (Å²) in [5, 5.41) is 5.10. The summed E-state index contributed by atoms with van der Waals surface area (Å²) in [5.41, 5.74) is 1.39. The van der Waals surface area contributed by atoms with E-state index in [1.165, 1.54) is 42.5 Å². The van der Waals surface area contributed by atoms with Gasteiger partial charge in [0.2, 0.25) is 21.8 Å². The van der Waals surface area contributed by atoms with Gasteiger partial charge in [-0.15, -0.1) is 11.3 Å². The van der Waals surface area contributed by atoms with E-state index in [1.54, 1.807) is 12.1 Å². The first-order chi connectivity index (χ1) is 12.7. The number of benzene rings is 1. The zero-order chi connectivity index (χ0) is 19.8. The van der Waals surface area contributed by atoms with Gasteiger partial charge >= 0.3 is 0 Å². The van der Waals surface area contributed by atoms with Crippen LogP contribution in [0.3, 0.4) is 0 Å². The molecule has 10 heteroatoms. The molecule has 144 valence electrons. The van der Waals surface area contributed by atoms with Crippen molar-refractivity contribution in [2.45, 2.75) is 18.2 Å². The van der Waals surface area contributed by atoms with Crippen molar-refractivity contribution in [2.75, 3.05) is 30.9 Å². The van der Waals surface area contributed by atoms with Crippen molar-refractivity contribution >= 4 is 44.0 Å². The Morgan fingerprint density at radius 3 is 2.52 bits per heavy atom. The lowest BCUT2D eigenvalue weighted by molar-refractivity contribution is -0.122. The summed E-state index contributed by atoms with van der Waals surface area (Å²) in [7, 11) is -0.610. The molecule has 0 spiro atoms. The van der Waals surface area contributed by atoms with Crippen molar-refractivity contribution in [1.29, 1.82) is 0 Å². The number of aromatic nitrogens is 1. The average molecular weight is 409 g/mol. The van der Waals surface area contributed by atoms with Crippen molar-refractivity contribution < 1.29 is 18.0 Å². The number of hydrogen-bond donors (Lipinski definition) is 1. The third-order valence-corrected chi connectivity index (χ3v) is 6.98. The second-order valence-corrected chi connectivity index (χ2v) is 9.48. The Hall–Kier alpha value is -2.30. The molecule has 2 heterocycles. The first-order valence-electron chi connectivity index (χ1n) is 8.24. The van der Waals surface area contributed by atoms with Gasteiger partial charge in [-0.2, -0.15) is 0 Å². The number of carbonyl (C=O) groups is 2. The molecule has 1 aliphatic heterocycles. The number of rotatable bonds is 5. The van der Waals surface area contributed by atoms with Crippen LogP contribution in [-0.4, -0.2) is 50.2 Å². The number of sulfonamides is 1. The maximum absolute atomic E-state index is 12.4. The molecule has 1 saturated heterocycles. The van der Waals surface area contributed by atoms with E-state index in [1.807, 2.05) is 12.3 Å². The maximum Gasteiger partial charge on any atom is 0.242 e. The predicted octanol–water partition coefficient (Wildman–Crippen LogP) is 1.69. The summed E-state index contributed by atoms with van der Waals surface area (Å²) in [4.78, 5) is 30.6. The molecule has 1 aliphatic rings. The Labute approximate surface area is 161 Å². The molecule has 1 aromatic carbocycles. The number of hydrogen-bond acceptors (Lipinski definition) is 6. The summed E-state index contributed by atoms with van der Waals surface area (Å²) in [6.07, 6.45) is 0.105. The summed E-state index contributed by atoms with van der Waals surface area (Å²) in [6, 6.07) is 6.09. The van der Waals surface area contributed by atoms with Gasteiger partial charge in [-0.3, -0.25) is 9.59 Å². The van der Waals surface area contributed by atoms with E-state index in [-0.39, 0.29) is 29.7 Å². The molecule has 0 bridgehead atoms. The van der Waals surface area contributed by atoms with Gasteiger partial charge in [-0.25, -0.2) is 17.7 Å². The van der Waals surface area contributed by atoms with E-state index in [0.717, 1.165) is 10.00 Å². The van der Waals surface area contributed by atoms with E-state index in [4.69, 9.17) is 0 Å². The lowest BCUT2D eigenvalue weighted by Crippen LogP contribution is -2.28. The molecular weight excluding hydrogens is 388 g/mol. The van der Waals surface area contributed by atoms with Gasteiger partial charge in [0.1, 0.15) is 0 Å². The lowest BCUT2D eigenvalue weighted by atomic mass is 10.1. The van der Waals surface area contributed by atoms with Gasteiger partial charge in [0, 0.05) is 38.1 Å². The number of anilines is 2. The van der Waals surface area contributed by atoms with Crippen molar-refractivity contribution in [2.24, 2.45) is 5.92 Å². The highest BCUT2D eigenvalue weighted by Gasteiger charge is 2.35. The third-order valence-electron chi connectivity index (χ3n) is 4.27. The Bertz CT molecular complexity index is 967. The second-order valence-electron chi connectivity index (χ2n) is 6.47. The lowest BCUT2D eigenvalue weighted by Gasteiger charge is -2.18. The average Bonchev–Trinajstić information content (AvgIpc) is 3.20. The first kappa shape index (κ1) is 19.5. The molecule has 1 fully saturated rings. The smallest absolute Gasteiger partial charge is 0.242 e. The quantitative estimate of drug-likeness (QED) is 0.812. The zero-order valence-electron chi connectivity index (χ0n) is 15.2. The SMILES string of the molecule is Cc1csc(NC(=O)C2CC(=O)N(c3ccc(S(=O)(=O)N(C)C)cc3)C2)n1. The van der Waals surface area contributed by atoms with Crippen molar-refractivity contribution in [3.8, 4) is 0 Å². The first-order valence-corrected chi connectivity index (χ1v) is 10.6. The van der Waals surface area contributed by atoms with E-state index in [2.05, 4.69) is 10.3 Å². The summed E-state index contributed by atoms with van der Waals surface area (Å²) >= 11 is 1.34. The number of nitrogens with zero attached hydrogens (tertiary/aromatic N) is 3. The van der Waals surface area contributed by atoms with Crippen LogP contribution in [-0.2, 0) is 19.6 Å². The number of carbonyl (C=O) groups excluding carboxylic acids is 2. The molecule has 1 N–H and O–H groups in total. The van der Waals surface area contributed by atoms with Crippen LogP contribution in [0.15, 0.2) is 34.5 Å². The van der Waals surface area contributed by atoms with Crippen LogP contribution in [0.2, 0.25) is 0 Å². The Morgan fingerprint density at radius 1 is 1.30 bits per heavy atom. The van der Waals surface area contributed by atoms with Crippen molar-refractivity contribution in [3.63, 3.8) is 0 Å². The van der Waals surface area contributed by atoms with Crippen LogP contribution in [0.1, 0.15) is 12.1 Å². The van der Waals surface area contributed by atoms with Gasteiger partial charge < -0.3 is 10.2 Å². The second kappa shape index (κ2) is 7.37. The Morgan fingerprint density at radius 2 is 1.96 bits per heavy atom.